The monoisotopic (exact) mass is 331 g/mol. The van der Waals surface area contributed by atoms with Gasteiger partial charge in [0, 0.05) is 11.6 Å². The normalized spacial score (nSPS) is 21.6. The second kappa shape index (κ2) is 6.75. The molecule has 0 N–H and O–H groups in total. The van der Waals surface area contributed by atoms with Gasteiger partial charge in [0.15, 0.2) is 0 Å². The Hall–Kier alpha value is -1.46. The SMILES string of the molecule is O=Cc1ccc(C=C2SC(=S)N(C3CCCCC3)C2=O)cc1. The molecular weight excluding hydrogens is 314 g/mol. The number of thiocarbonyl (C=S) groups is 1. The predicted octanol–water partition coefficient (Wildman–Crippen LogP) is 4.03. The maximum Gasteiger partial charge on any atom is 0.266 e. The maximum absolute atomic E-state index is 12.6. The lowest BCUT2D eigenvalue weighted by Gasteiger charge is -2.29. The molecule has 0 radical (unpaired) electrons. The quantitative estimate of drug-likeness (QED) is 0.476. The van der Waals surface area contributed by atoms with Crippen molar-refractivity contribution in [1.29, 1.82) is 0 Å². The maximum atomic E-state index is 12.6. The van der Waals surface area contributed by atoms with Crippen molar-refractivity contribution >= 4 is 46.6 Å². The lowest BCUT2D eigenvalue weighted by Crippen LogP contribution is -2.39. The van der Waals surface area contributed by atoms with Crippen LogP contribution in [0.15, 0.2) is 29.2 Å². The Labute approximate surface area is 139 Å². The molecule has 2 fully saturated rings. The molecule has 0 spiro atoms. The van der Waals surface area contributed by atoms with Gasteiger partial charge in [-0.15, -0.1) is 0 Å². The summed E-state index contributed by atoms with van der Waals surface area (Å²) in [5.74, 6) is 0.0290. The van der Waals surface area contributed by atoms with Gasteiger partial charge in [-0.25, -0.2) is 0 Å². The standard InChI is InChI=1S/C17H17NO2S2/c19-11-13-8-6-12(7-9-13)10-15-16(20)18(17(21)22-15)14-4-2-1-3-5-14/h6-11,14H,1-5H2. The summed E-state index contributed by atoms with van der Waals surface area (Å²) in [6.07, 6.45) is 8.37. The van der Waals surface area contributed by atoms with Crippen molar-refractivity contribution in [2.24, 2.45) is 0 Å². The number of thioether (sulfide) groups is 1. The van der Waals surface area contributed by atoms with Crippen molar-refractivity contribution in [3.8, 4) is 0 Å². The number of nitrogens with zero attached hydrogens (tertiary/aromatic N) is 1. The third kappa shape index (κ3) is 3.15. The zero-order valence-corrected chi connectivity index (χ0v) is 13.8. The van der Waals surface area contributed by atoms with Gasteiger partial charge in [0.25, 0.3) is 5.91 Å². The van der Waals surface area contributed by atoms with Gasteiger partial charge in [0.1, 0.15) is 10.6 Å². The van der Waals surface area contributed by atoms with E-state index < -0.39 is 0 Å². The first kappa shape index (κ1) is 15.4. The number of carbonyl (C=O) groups excluding carboxylic acids is 2. The minimum absolute atomic E-state index is 0.0290. The molecule has 1 aliphatic carbocycles. The molecule has 3 nitrogen and oxygen atoms in total. The number of aldehydes is 1. The van der Waals surface area contributed by atoms with Crippen LogP contribution in [0.25, 0.3) is 6.08 Å². The van der Waals surface area contributed by atoms with Crippen molar-refractivity contribution in [3.05, 3.63) is 40.3 Å². The van der Waals surface area contributed by atoms with E-state index in [-0.39, 0.29) is 11.9 Å². The summed E-state index contributed by atoms with van der Waals surface area (Å²) in [6.45, 7) is 0. The minimum atomic E-state index is 0.0290. The number of hydrogen-bond donors (Lipinski definition) is 0. The molecule has 1 heterocycles. The molecule has 5 heteroatoms. The van der Waals surface area contributed by atoms with E-state index >= 15 is 0 Å². The fraction of sp³-hybridized carbons (Fsp3) is 0.353. The molecule has 0 aromatic heterocycles. The highest BCUT2D eigenvalue weighted by Crippen LogP contribution is 2.37. The summed E-state index contributed by atoms with van der Waals surface area (Å²) in [5, 5.41) is 0. The third-order valence-corrected chi connectivity index (χ3v) is 5.46. The van der Waals surface area contributed by atoms with Gasteiger partial charge in [-0.3, -0.25) is 14.5 Å². The average molecular weight is 331 g/mol. The Bertz CT molecular complexity index is 631. The topological polar surface area (TPSA) is 37.4 Å². The Morgan fingerprint density at radius 1 is 1.09 bits per heavy atom. The van der Waals surface area contributed by atoms with Crippen LogP contribution in [-0.4, -0.2) is 27.5 Å². The van der Waals surface area contributed by atoms with E-state index in [9.17, 15) is 9.59 Å². The number of hydrogen-bond acceptors (Lipinski definition) is 4. The largest absolute Gasteiger partial charge is 0.298 e. The smallest absolute Gasteiger partial charge is 0.266 e. The fourth-order valence-electron chi connectivity index (χ4n) is 2.96. The van der Waals surface area contributed by atoms with E-state index in [0.717, 1.165) is 24.7 Å². The van der Waals surface area contributed by atoms with Crippen molar-refractivity contribution in [3.63, 3.8) is 0 Å². The Kier molecular flexibility index (Phi) is 4.74. The van der Waals surface area contributed by atoms with Crippen LogP contribution in [-0.2, 0) is 4.79 Å². The highest BCUT2D eigenvalue weighted by atomic mass is 32.2. The first-order chi connectivity index (χ1) is 10.7. The van der Waals surface area contributed by atoms with E-state index in [1.807, 2.05) is 23.1 Å². The predicted molar refractivity (Wildman–Crippen MR) is 93.7 cm³/mol. The summed E-state index contributed by atoms with van der Waals surface area (Å²) in [4.78, 5) is 25.8. The molecule has 22 heavy (non-hydrogen) atoms. The van der Waals surface area contributed by atoms with Crippen LogP contribution < -0.4 is 0 Å². The van der Waals surface area contributed by atoms with Crippen LogP contribution in [0.1, 0.15) is 48.0 Å². The Morgan fingerprint density at radius 3 is 2.36 bits per heavy atom. The summed E-state index contributed by atoms with van der Waals surface area (Å²) < 4.78 is 0.674. The molecule has 1 amide bonds. The molecule has 0 unspecified atom stereocenters. The molecule has 114 valence electrons. The first-order valence-corrected chi connectivity index (χ1v) is 8.74. The molecule has 1 aromatic carbocycles. The van der Waals surface area contributed by atoms with Gasteiger partial charge in [0.2, 0.25) is 0 Å². The zero-order chi connectivity index (χ0) is 15.5. The van der Waals surface area contributed by atoms with Gasteiger partial charge in [-0.2, -0.15) is 0 Å². The minimum Gasteiger partial charge on any atom is -0.298 e. The van der Waals surface area contributed by atoms with Gasteiger partial charge in [-0.05, 0) is 24.5 Å². The first-order valence-electron chi connectivity index (χ1n) is 7.51. The van der Waals surface area contributed by atoms with Crippen molar-refractivity contribution in [2.75, 3.05) is 0 Å². The van der Waals surface area contributed by atoms with E-state index in [1.54, 1.807) is 12.1 Å². The van der Waals surface area contributed by atoms with Gasteiger partial charge < -0.3 is 0 Å². The van der Waals surface area contributed by atoms with Crippen molar-refractivity contribution in [1.82, 2.24) is 4.90 Å². The van der Waals surface area contributed by atoms with Crippen LogP contribution in [0.5, 0.6) is 0 Å². The molecule has 0 bridgehead atoms. The second-order valence-electron chi connectivity index (χ2n) is 5.63. The fourth-order valence-corrected chi connectivity index (χ4v) is 4.36. The zero-order valence-electron chi connectivity index (χ0n) is 12.2. The van der Waals surface area contributed by atoms with Crippen molar-refractivity contribution < 1.29 is 9.59 Å². The van der Waals surface area contributed by atoms with Gasteiger partial charge in [-0.1, -0.05) is 67.5 Å². The van der Waals surface area contributed by atoms with E-state index in [4.69, 9.17) is 12.2 Å². The van der Waals surface area contributed by atoms with Crippen LogP contribution in [0.3, 0.4) is 0 Å². The molecule has 1 saturated carbocycles. The van der Waals surface area contributed by atoms with Crippen LogP contribution in [0.4, 0.5) is 0 Å². The van der Waals surface area contributed by atoms with E-state index in [1.165, 1.54) is 31.0 Å². The Balaban J connectivity index is 1.80. The molecule has 1 aliphatic heterocycles. The van der Waals surface area contributed by atoms with Gasteiger partial charge >= 0.3 is 0 Å². The molecule has 1 saturated heterocycles. The summed E-state index contributed by atoms with van der Waals surface area (Å²) in [6, 6.07) is 7.46. The summed E-state index contributed by atoms with van der Waals surface area (Å²) in [7, 11) is 0. The number of carbonyl (C=O) groups is 2. The molecule has 1 aromatic rings. The summed E-state index contributed by atoms with van der Waals surface area (Å²) in [5.41, 5.74) is 1.54. The van der Waals surface area contributed by atoms with Crippen LogP contribution in [0, 0.1) is 0 Å². The number of rotatable bonds is 3. The summed E-state index contributed by atoms with van der Waals surface area (Å²) >= 11 is 6.79. The molecule has 3 rings (SSSR count). The number of benzene rings is 1. The molecular formula is C17H17NO2S2. The Morgan fingerprint density at radius 2 is 1.73 bits per heavy atom. The average Bonchev–Trinajstić information content (AvgIpc) is 2.83. The number of amides is 1. The van der Waals surface area contributed by atoms with Crippen LogP contribution in [0.2, 0.25) is 0 Å². The second-order valence-corrected chi connectivity index (χ2v) is 7.30. The van der Waals surface area contributed by atoms with E-state index in [2.05, 4.69) is 0 Å². The van der Waals surface area contributed by atoms with E-state index in [0.29, 0.717) is 14.8 Å². The lowest BCUT2D eigenvalue weighted by atomic mass is 9.94. The molecule has 0 atom stereocenters. The molecule has 2 aliphatic rings. The third-order valence-electron chi connectivity index (χ3n) is 4.13. The highest BCUT2D eigenvalue weighted by Gasteiger charge is 2.37. The van der Waals surface area contributed by atoms with Crippen LogP contribution >= 0.6 is 24.0 Å². The van der Waals surface area contributed by atoms with Gasteiger partial charge in [0.05, 0.1) is 4.91 Å². The highest BCUT2D eigenvalue weighted by molar-refractivity contribution is 8.26. The van der Waals surface area contributed by atoms with Crippen molar-refractivity contribution in [2.45, 2.75) is 38.1 Å². The lowest BCUT2D eigenvalue weighted by molar-refractivity contribution is -0.124.